The van der Waals surface area contributed by atoms with Gasteiger partial charge in [-0.2, -0.15) is 0 Å². The van der Waals surface area contributed by atoms with Crippen LogP contribution in [0, 0.1) is 11.8 Å². The Hall–Kier alpha value is 3.22. The smallest absolute Gasteiger partial charge is 0.249 e. The van der Waals surface area contributed by atoms with Crippen LogP contribution in [0.4, 0.5) is 0 Å². The van der Waals surface area contributed by atoms with Crippen LogP contribution in [0.15, 0.2) is 0 Å². The minimum absolute atomic E-state index is 0.124. The maximum Gasteiger partial charge on any atom is 0.249 e. The summed E-state index contributed by atoms with van der Waals surface area (Å²) in [7, 11) is 23.6. The minimum atomic E-state index is 0.124. The third-order valence-corrected chi connectivity index (χ3v) is 14.6. The molecule has 7 unspecified atom stereocenters. The van der Waals surface area contributed by atoms with E-state index < -0.39 is 0 Å². The molecule has 0 aromatic heterocycles. The molecule has 0 aliphatic heterocycles. The summed E-state index contributed by atoms with van der Waals surface area (Å²) < 4.78 is 0. The Kier molecular flexibility index (Phi) is 29.9. The van der Waals surface area contributed by atoms with E-state index in [0.29, 0.717) is 5.92 Å². The maximum absolute atomic E-state index is 11.3. The summed E-state index contributed by atoms with van der Waals surface area (Å²) in [6, 6.07) is 0. The van der Waals surface area contributed by atoms with Crippen molar-refractivity contribution in [2.45, 2.75) is 19.8 Å². The molecule has 1 amide bonds. The normalized spacial score (nSPS) is 18.2. The standard InChI is InChI=1S/C8H15NO2.C2H7NO.H7P5.H6P4/c1-4-6-5-7(6)8(10)9(2)11-3;1-3-4-2;1-4-5(2)3;1-4(2)3/h6-7H,4-5H2,1-3H3;3H,1-2H3;4H,1-3H2;1-3H2/t6-,7-;;;/m1.../s1. The van der Waals surface area contributed by atoms with Gasteiger partial charge in [0, 0.05) is 20.0 Å². The molecule has 5 nitrogen and oxygen atoms in total. The number of hydrogen-bond acceptors (Lipinski definition) is 4. The summed E-state index contributed by atoms with van der Waals surface area (Å²) in [5.74, 6) is 0.976. The van der Waals surface area contributed by atoms with Crippen molar-refractivity contribution in [1.82, 2.24) is 10.5 Å². The minimum Gasteiger partial charge on any atom is -0.305 e. The molecule has 1 N–H and O–H groups in total. The van der Waals surface area contributed by atoms with Gasteiger partial charge in [-0.3, -0.25) is 9.63 Å². The fourth-order valence-corrected chi connectivity index (χ4v) is 1.32. The molecule has 148 valence electrons. The van der Waals surface area contributed by atoms with Gasteiger partial charge in [0.2, 0.25) is 5.91 Å². The van der Waals surface area contributed by atoms with Crippen molar-refractivity contribution in [3.63, 3.8) is 0 Å². The molecule has 0 aromatic carbocycles. The first-order valence-electron chi connectivity index (χ1n) is 6.94. The monoisotopic (exact) mass is 510 g/mol. The Morgan fingerprint density at radius 1 is 1.29 bits per heavy atom. The summed E-state index contributed by atoms with van der Waals surface area (Å²) in [6.45, 7) is 2.47. The predicted molar refractivity (Wildman–Crippen MR) is 138 cm³/mol. The molecule has 1 saturated carbocycles. The Balaban J connectivity index is -0.000000285. The van der Waals surface area contributed by atoms with E-state index in [1.165, 1.54) is 12.2 Å². The van der Waals surface area contributed by atoms with Gasteiger partial charge >= 0.3 is 0 Å². The second kappa shape index (κ2) is 22.5. The molecule has 1 fully saturated rings. The number of amides is 1. The Morgan fingerprint density at radius 3 is 1.83 bits per heavy atom. The van der Waals surface area contributed by atoms with Crippen LogP contribution in [-0.4, -0.2) is 39.3 Å². The molecule has 24 heavy (non-hydrogen) atoms. The Bertz CT molecular complexity index is 286. The third-order valence-electron chi connectivity index (χ3n) is 2.70. The van der Waals surface area contributed by atoms with Gasteiger partial charge in [0.15, 0.2) is 0 Å². The van der Waals surface area contributed by atoms with Gasteiger partial charge in [-0.25, -0.2) is 10.5 Å². The summed E-state index contributed by atoms with van der Waals surface area (Å²) in [4.78, 5) is 20.4. The van der Waals surface area contributed by atoms with Crippen molar-refractivity contribution in [3.05, 3.63) is 0 Å². The lowest BCUT2D eigenvalue weighted by Gasteiger charge is -2.12. The van der Waals surface area contributed by atoms with E-state index in [-0.39, 0.29) is 25.8 Å². The van der Waals surface area contributed by atoms with Gasteiger partial charge in [-0.15, -0.1) is 53.6 Å². The van der Waals surface area contributed by atoms with Crippen molar-refractivity contribution in [3.8, 4) is 0 Å². The largest absolute Gasteiger partial charge is 0.305 e. The van der Waals surface area contributed by atoms with E-state index in [2.05, 4.69) is 70.8 Å². The molecule has 0 radical (unpaired) electrons. The number of carbonyl (C=O) groups excluding carboxylic acids is 1. The van der Waals surface area contributed by atoms with Crippen molar-refractivity contribution < 1.29 is 14.5 Å². The molecule has 0 aromatic rings. The van der Waals surface area contributed by atoms with E-state index in [4.69, 9.17) is 4.84 Å². The van der Waals surface area contributed by atoms with E-state index in [1.807, 2.05) is 0 Å². The lowest BCUT2D eigenvalue weighted by atomic mass is 10.2. The number of nitrogens with one attached hydrogen (secondary N) is 1. The van der Waals surface area contributed by atoms with Crippen LogP contribution in [0.2, 0.25) is 0 Å². The average Bonchev–Trinajstić information content (AvgIpc) is 3.33. The van der Waals surface area contributed by atoms with Gasteiger partial charge in [0.05, 0.1) is 14.2 Å². The molecule has 1 aliphatic carbocycles. The van der Waals surface area contributed by atoms with Crippen LogP contribution in [-0.2, 0) is 14.5 Å². The molecule has 1 rings (SSSR count). The molecule has 0 heterocycles. The van der Waals surface area contributed by atoms with Crippen LogP contribution in [0.25, 0.3) is 0 Å². The Morgan fingerprint density at radius 2 is 1.67 bits per heavy atom. The van der Waals surface area contributed by atoms with Crippen LogP contribution >= 0.6 is 75.5 Å². The number of hydrogen-bond donors (Lipinski definition) is 1. The zero-order chi connectivity index (χ0) is 19.7. The SMILES string of the molecule is CC[C@@H]1C[C@H]1C(=O)N(C)OC.CNOC.PP(P)P.PPP(P)P. The summed E-state index contributed by atoms with van der Waals surface area (Å²) >= 11 is 0. The molecule has 9 atom stereocenters. The predicted octanol–water partition coefficient (Wildman–Crippen LogP) is 5.09. The van der Waals surface area contributed by atoms with Crippen molar-refractivity contribution in [2.75, 3.05) is 28.3 Å². The van der Waals surface area contributed by atoms with Gasteiger partial charge < -0.3 is 4.84 Å². The Labute approximate surface area is 166 Å². The van der Waals surface area contributed by atoms with Crippen molar-refractivity contribution >= 4 is 81.4 Å². The molecule has 0 bridgehead atoms. The molecule has 0 saturated heterocycles. The van der Waals surface area contributed by atoms with Gasteiger partial charge in [0.25, 0.3) is 0 Å². The number of carbonyl (C=O) groups is 1. The quantitative estimate of drug-likeness (QED) is 0.414. The third kappa shape index (κ3) is 25.2. The first kappa shape index (κ1) is 31.9. The average molecular weight is 510 g/mol. The highest BCUT2D eigenvalue weighted by Crippen LogP contribution is 2.71. The van der Waals surface area contributed by atoms with Crippen molar-refractivity contribution in [1.29, 1.82) is 0 Å². The zero-order valence-corrected chi connectivity index (χ0v) is 24.8. The zero-order valence-electron chi connectivity index (χ0n) is 15.1. The lowest BCUT2D eigenvalue weighted by Crippen LogP contribution is -2.27. The number of nitrogens with zero attached hydrogens (tertiary/aromatic N) is 1. The van der Waals surface area contributed by atoms with E-state index in [1.54, 1.807) is 21.2 Å². The van der Waals surface area contributed by atoms with Gasteiger partial charge in [-0.05, 0) is 26.3 Å². The molecular weight excluding hydrogens is 475 g/mol. The fourth-order valence-electron chi connectivity index (χ4n) is 1.32. The molecule has 14 heteroatoms. The second-order valence-electron chi connectivity index (χ2n) is 4.42. The van der Waals surface area contributed by atoms with Crippen LogP contribution in [0.1, 0.15) is 19.8 Å². The summed E-state index contributed by atoms with van der Waals surface area (Å²) in [5.41, 5.74) is 2.43. The van der Waals surface area contributed by atoms with E-state index in [0.717, 1.165) is 20.8 Å². The number of rotatable bonds is 5. The molecule has 0 spiro atoms. The highest BCUT2D eigenvalue weighted by Gasteiger charge is 2.42. The maximum atomic E-state index is 11.3. The van der Waals surface area contributed by atoms with Crippen LogP contribution < -0.4 is 5.48 Å². The van der Waals surface area contributed by atoms with Gasteiger partial charge in [-0.1, -0.05) is 21.3 Å². The first-order chi connectivity index (χ1) is 11.1. The van der Waals surface area contributed by atoms with E-state index >= 15 is 0 Å². The summed E-state index contributed by atoms with van der Waals surface area (Å²) in [6.07, 6.45) is 2.15. The number of hydroxylamine groups is 3. The first-order valence-corrected chi connectivity index (χ1v) is 21.4. The topological polar surface area (TPSA) is 50.8 Å². The second-order valence-corrected chi connectivity index (χ2v) is 30.0. The highest BCUT2D eigenvalue weighted by atomic mass is 32.8. The fraction of sp³-hybridized carbons (Fsp3) is 0.900. The molecular formula is C10H35N2O3P9. The van der Waals surface area contributed by atoms with Crippen molar-refractivity contribution in [2.24, 2.45) is 11.8 Å². The van der Waals surface area contributed by atoms with Gasteiger partial charge in [0.1, 0.15) is 0 Å². The van der Waals surface area contributed by atoms with Crippen LogP contribution in [0.5, 0.6) is 0 Å². The van der Waals surface area contributed by atoms with E-state index in [9.17, 15) is 4.79 Å². The van der Waals surface area contributed by atoms with Crippen LogP contribution in [0.3, 0.4) is 0 Å². The molecule has 1 aliphatic rings. The highest BCUT2D eigenvalue weighted by molar-refractivity contribution is 8.77. The summed E-state index contributed by atoms with van der Waals surface area (Å²) in [5, 5.41) is 1.32. The lowest BCUT2D eigenvalue weighted by molar-refractivity contribution is -0.170.